The van der Waals surface area contributed by atoms with Crippen LogP contribution in [0.15, 0.2) is 86.6 Å². The number of primary amides is 6. The van der Waals surface area contributed by atoms with Crippen molar-refractivity contribution in [1.29, 1.82) is 0 Å². The molecule has 6 aliphatic rings. The Morgan fingerprint density at radius 1 is 0.780 bits per heavy atom. The molecule has 2 saturated heterocycles. The Labute approximate surface area is 539 Å². The first-order valence-corrected chi connectivity index (χ1v) is 31.6. The van der Waals surface area contributed by atoms with Crippen LogP contribution in [-0.2, 0) is 68.7 Å². The monoisotopic (exact) mass is 1330 g/mol. The van der Waals surface area contributed by atoms with Crippen molar-refractivity contribution >= 4 is 60.2 Å². The van der Waals surface area contributed by atoms with Crippen molar-refractivity contribution < 1.29 is 83.8 Å². The number of ether oxygens (including phenoxy) is 1. The van der Waals surface area contributed by atoms with Gasteiger partial charge in [0.1, 0.15) is 18.3 Å². The molecular formula is C62H86CoN13O14P-4. The van der Waals surface area contributed by atoms with Gasteiger partial charge >= 0.3 is 7.82 Å². The van der Waals surface area contributed by atoms with E-state index in [1.807, 2.05) is 52.8 Å². The van der Waals surface area contributed by atoms with Gasteiger partial charge in [-0.3, -0.25) is 42.6 Å². The van der Waals surface area contributed by atoms with E-state index in [1.165, 1.54) is 13.3 Å². The Morgan fingerprint density at radius 2 is 1.38 bits per heavy atom. The fourth-order valence-corrected chi connectivity index (χ4v) is 15.6. The summed E-state index contributed by atoms with van der Waals surface area (Å²) >= 11 is 0. The number of nitrogens with zero attached hydrogens (tertiary/aromatic N) is 6. The first-order valence-electron chi connectivity index (χ1n) is 30.1. The summed E-state index contributed by atoms with van der Waals surface area (Å²) in [6.45, 7) is 18.7. The van der Waals surface area contributed by atoms with Crippen LogP contribution in [0, 0.1) is 41.4 Å². The van der Waals surface area contributed by atoms with Gasteiger partial charge in [-0.15, -0.1) is 23.2 Å². The Morgan fingerprint density at radius 3 is 1.98 bits per heavy atom. The van der Waals surface area contributed by atoms with Gasteiger partial charge in [0.25, 0.3) is 0 Å². The Balaban J connectivity index is 0.0000118. The van der Waals surface area contributed by atoms with Crippen molar-refractivity contribution in [2.45, 2.75) is 189 Å². The van der Waals surface area contributed by atoms with Crippen LogP contribution in [0.5, 0.6) is 0 Å². The molecule has 0 spiro atoms. The molecule has 1 aromatic carbocycles. The van der Waals surface area contributed by atoms with E-state index in [4.69, 9.17) is 69.5 Å². The maximum Gasteiger partial charge on any atom is 0.472 e. The Hall–Kier alpha value is -6.88. The fourth-order valence-electron chi connectivity index (χ4n) is 14.4. The molecule has 1 radical (unpaired) electrons. The Kier molecular flexibility index (Phi) is 20.9. The van der Waals surface area contributed by atoms with Gasteiger partial charge in [-0.1, -0.05) is 81.0 Å². The van der Waals surface area contributed by atoms with Gasteiger partial charge in [-0.25, -0.2) is 9.55 Å². The summed E-state index contributed by atoms with van der Waals surface area (Å²) in [6, 6.07) is 2.95. The molecular weight excluding hydrogens is 1240 g/mol. The van der Waals surface area contributed by atoms with Crippen LogP contribution in [0.3, 0.4) is 0 Å². The molecule has 2 fully saturated rings. The number of aliphatic hydroxyl groups is 2. The first kappa shape index (κ1) is 71.6. The molecule has 6 aliphatic heterocycles. The van der Waals surface area contributed by atoms with Crippen LogP contribution in [0.25, 0.3) is 32.3 Å². The Bertz CT molecular complexity index is 3590. The molecule has 2 aromatic rings. The second-order valence-corrected chi connectivity index (χ2v) is 27.6. The summed E-state index contributed by atoms with van der Waals surface area (Å²) in [5.74, 6) is -5.27. The van der Waals surface area contributed by atoms with Crippen molar-refractivity contribution in [3.8, 4) is 0 Å². The van der Waals surface area contributed by atoms with E-state index in [2.05, 4.69) is 10.3 Å². The number of aromatic nitrogens is 2. The third-order valence-electron chi connectivity index (χ3n) is 19.6. The number of phosphoric acid groups is 1. The maximum absolute atomic E-state index is 14.3. The van der Waals surface area contributed by atoms with Crippen LogP contribution >= 0.6 is 7.82 Å². The summed E-state index contributed by atoms with van der Waals surface area (Å²) in [7, 11) is -5.08. The number of aryl methyl sites for hydroxylation is 2. The second-order valence-electron chi connectivity index (χ2n) is 26.3. The van der Waals surface area contributed by atoms with E-state index in [0.717, 1.165) is 11.1 Å². The number of hydrogen-bond donors (Lipinski definition) is 10. The minimum absolute atomic E-state index is 0. The van der Waals surface area contributed by atoms with Gasteiger partial charge in [0.05, 0.1) is 30.1 Å². The molecule has 2 unspecified atom stereocenters. The van der Waals surface area contributed by atoms with Crippen molar-refractivity contribution in [1.82, 2.24) is 14.9 Å². The van der Waals surface area contributed by atoms with E-state index < -0.39 is 138 Å². The number of fused-ring (bicyclic) bond motifs is 10. The number of imidazole rings is 1. The topological polar surface area (TPSA) is 467 Å². The molecule has 501 valence electrons. The van der Waals surface area contributed by atoms with E-state index in [0.29, 0.717) is 67.4 Å². The maximum atomic E-state index is 14.3. The molecule has 7 amide bonds. The van der Waals surface area contributed by atoms with Crippen LogP contribution in [0.2, 0.25) is 0 Å². The number of phosphoric ester groups is 1. The second kappa shape index (κ2) is 26.6. The fraction of sp³-hybridized carbons (Fsp3) is 0.581. The van der Waals surface area contributed by atoms with Gasteiger partial charge in [-0.2, -0.15) is 17.1 Å². The number of rotatable bonds is 26. The van der Waals surface area contributed by atoms with Gasteiger partial charge in [-0.05, 0) is 111 Å². The number of nitrogens with two attached hydrogens (primary N) is 6. The average molecular weight is 1330 g/mol. The molecule has 16 N–H and O–H groups in total. The smallest absolute Gasteiger partial charge is 0.472 e. The van der Waals surface area contributed by atoms with Crippen LogP contribution < -0.4 is 39.7 Å². The van der Waals surface area contributed by atoms with Crippen molar-refractivity contribution in [3.63, 3.8) is 0 Å². The van der Waals surface area contributed by atoms with E-state index in [-0.39, 0.29) is 86.8 Å². The van der Waals surface area contributed by atoms with Gasteiger partial charge < -0.3 is 85.4 Å². The third kappa shape index (κ3) is 13.7. The van der Waals surface area contributed by atoms with Gasteiger partial charge in [0.2, 0.25) is 41.4 Å². The number of amides is 7. The molecule has 29 heteroatoms. The van der Waals surface area contributed by atoms with Crippen LogP contribution in [0.4, 0.5) is 0 Å². The predicted octanol–water partition coefficient (Wildman–Crippen LogP) is 5.66. The first-order chi connectivity index (χ1) is 41.8. The third-order valence-corrected chi connectivity index (χ3v) is 20.7. The van der Waals surface area contributed by atoms with Crippen LogP contribution in [-0.4, -0.2) is 115 Å². The number of allylic oxidation sites excluding steroid dienone is 5. The van der Waals surface area contributed by atoms with Crippen molar-refractivity contribution in [3.05, 3.63) is 119 Å². The number of aliphatic hydroxyl groups excluding tert-OH is 2. The average Bonchev–Trinajstić information content (AvgIpc) is 1.53. The van der Waals surface area contributed by atoms with Crippen molar-refractivity contribution in [2.24, 2.45) is 62.0 Å². The SMILES string of the molecule is C/C1=C2/[N-]C(=C(CC(N)=O)[C@@]2(C)CCC(=O)NC[C@@H](C)OP(=O)(O)O[C@H]2[C@@H](O)[C@@H](n3cnc4cc(C)c(C)cc43)O[C@@H]2CO)[C@]2(C)[N-]C(=C(CCC(N)=O)[C@]2(C)CC(N)=O)/C(C)=C2\[N-]C(/C=C3\[N-]C1=C(CCC(N)=O)C3(C)C)[C@@H](CCC(N)=O)[C@]2(C)CC(N)=O.[Co]. The molecule has 8 bridgehead atoms. The summed E-state index contributed by atoms with van der Waals surface area (Å²) in [6.07, 6.45) is -5.05. The molecule has 91 heavy (non-hydrogen) atoms. The molecule has 8 rings (SSSR count). The molecule has 0 aliphatic carbocycles. The van der Waals surface area contributed by atoms with Gasteiger partial charge in [0.15, 0.2) is 6.23 Å². The molecule has 27 nitrogen and oxygen atoms in total. The number of benzene rings is 1. The summed E-state index contributed by atoms with van der Waals surface area (Å²) in [5.41, 5.74) is 36.9. The number of nitrogens with one attached hydrogen (secondary N) is 1. The standard InChI is InChI=1S/C62H86N13O14P.Co/c1-29-20-39-40(21-30(29)2)75(28-70-39)57-52(84)53(41(27-76)87-57)89-90(85,86)88-31(3)26-69-49(83)18-19-59(8)37(22-46(66)80)56-62(11)61(10,25-48(68)82)36(14-17-45(65)79)51(74-62)33(5)55-60(9,24-47(67)81)34(12-15-43(63)77)38(71-55)23-42-58(6,7)35(13-16-44(64)78)50(72-42)32(4)54(59)73-56;/h20-21,23,28,31,34,38,41,52-53,57,76,84H,12-19,22,24-27H2,1-11H3,(H2,63,77)(H2,64,78)(H2,65,79)(H2,66,80)(H2,67,81)(H2,68,82)(H,69,83)(H,85,86);/q-4;/b42-23-,54-32-,55-33-;/t31-,34-,38?,41-,52-,53-,57+,59-,60+,61+,62+;/m1./s1. The summed E-state index contributed by atoms with van der Waals surface area (Å²) < 4.78 is 32.2. The van der Waals surface area contributed by atoms with Crippen LogP contribution in [0.1, 0.15) is 150 Å². The number of hydrogen-bond acceptors (Lipinski definition) is 14. The molecule has 0 saturated carbocycles. The summed E-state index contributed by atoms with van der Waals surface area (Å²) in [5, 5.41) is 46.3. The van der Waals surface area contributed by atoms with Gasteiger partial charge in [0, 0.05) is 68.3 Å². The zero-order chi connectivity index (χ0) is 66.7. The molecule has 1 aromatic heterocycles. The van der Waals surface area contributed by atoms with E-state index >= 15 is 0 Å². The predicted molar refractivity (Wildman–Crippen MR) is 332 cm³/mol. The zero-order valence-electron chi connectivity index (χ0n) is 53.3. The molecule has 12 atom stereocenters. The van der Waals surface area contributed by atoms with E-state index in [1.54, 1.807) is 39.2 Å². The largest absolute Gasteiger partial charge is 0.681 e. The number of carbonyl (C=O) groups excluding carboxylic acids is 7. The molecule has 7 heterocycles. The zero-order valence-corrected chi connectivity index (χ0v) is 55.2. The number of carbonyl (C=O) groups is 7. The van der Waals surface area contributed by atoms with E-state index in [9.17, 15) is 53.2 Å². The normalized spacial score (nSPS) is 31.5. The quantitative estimate of drug-likeness (QED) is 0.0508. The minimum atomic E-state index is -5.08. The van der Waals surface area contributed by atoms with Crippen molar-refractivity contribution in [2.75, 3.05) is 13.2 Å². The minimum Gasteiger partial charge on any atom is -0.681 e. The summed E-state index contributed by atoms with van der Waals surface area (Å²) in [4.78, 5) is 109.